The molecule has 1 aromatic carbocycles. The summed E-state index contributed by atoms with van der Waals surface area (Å²) in [5.74, 6) is 0.324. The summed E-state index contributed by atoms with van der Waals surface area (Å²) in [7, 11) is 0. The Balaban J connectivity index is 1.77. The lowest BCUT2D eigenvalue weighted by Gasteiger charge is -2.05. The molecule has 6 heteroatoms. The minimum atomic E-state index is -0.278. The number of anilines is 1. The fraction of sp³-hybridized carbons (Fsp3) is 0.0667. The first-order valence-corrected chi connectivity index (χ1v) is 6.49. The standard InChI is InChI=1S/C15H13N5O/c21-14-13(11-6-2-1-3-7-11)19-20-15(18-14)17-10-12-8-4-5-9-16-12/h1-9H,10H2,(H2,17,18,20,21). The molecular formula is C15H13N5O. The molecular weight excluding hydrogens is 266 g/mol. The third-order valence-corrected chi connectivity index (χ3v) is 2.91. The number of pyridine rings is 1. The van der Waals surface area contributed by atoms with E-state index in [0.717, 1.165) is 11.3 Å². The van der Waals surface area contributed by atoms with Gasteiger partial charge < -0.3 is 5.32 Å². The molecule has 0 spiro atoms. The Morgan fingerprint density at radius 1 is 1.00 bits per heavy atom. The highest BCUT2D eigenvalue weighted by atomic mass is 16.1. The Labute approximate surface area is 120 Å². The number of rotatable bonds is 4. The van der Waals surface area contributed by atoms with Crippen LogP contribution in [-0.2, 0) is 6.54 Å². The molecule has 104 valence electrons. The lowest BCUT2D eigenvalue weighted by atomic mass is 10.2. The molecule has 0 aliphatic rings. The van der Waals surface area contributed by atoms with Crippen LogP contribution in [0.15, 0.2) is 59.5 Å². The van der Waals surface area contributed by atoms with Crippen LogP contribution in [0.1, 0.15) is 5.69 Å². The summed E-state index contributed by atoms with van der Waals surface area (Å²) in [6.07, 6.45) is 1.71. The number of nitrogens with zero attached hydrogens (tertiary/aromatic N) is 3. The Morgan fingerprint density at radius 3 is 2.52 bits per heavy atom. The van der Waals surface area contributed by atoms with Crippen molar-refractivity contribution in [1.29, 1.82) is 0 Å². The molecule has 6 nitrogen and oxygen atoms in total. The van der Waals surface area contributed by atoms with E-state index in [1.807, 2.05) is 48.5 Å². The van der Waals surface area contributed by atoms with E-state index in [2.05, 4.69) is 25.5 Å². The summed E-state index contributed by atoms with van der Waals surface area (Å²) in [6.45, 7) is 0.468. The van der Waals surface area contributed by atoms with Gasteiger partial charge in [-0.1, -0.05) is 36.4 Å². The van der Waals surface area contributed by atoms with Crippen molar-refractivity contribution >= 4 is 5.95 Å². The lowest BCUT2D eigenvalue weighted by molar-refractivity contribution is 0.920. The molecule has 0 aliphatic heterocycles. The van der Waals surface area contributed by atoms with Gasteiger partial charge in [-0.2, -0.15) is 0 Å². The van der Waals surface area contributed by atoms with E-state index in [-0.39, 0.29) is 5.56 Å². The summed E-state index contributed by atoms with van der Waals surface area (Å²) in [5, 5.41) is 11.0. The second-order valence-corrected chi connectivity index (χ2v) is 4.39. The normalized spacial score (nSPS) is 10.3. The fourth-order valence-electron chi connectivity index (χ4n) is 1.88. The van der Waals surface area contributed by atoms with Crippen molar-refractivity contribution in [2.24, 2.45) is 0 Å². The molecule has 3 aromatic rings. The molecule has 3 rings (SSSR count). The second-order valence-electron chi connectivity index (χ2n) is 4.39. The Bertz CT molecular complexity index is 771. The first-order valence-electron chi connectivity index (χ1n) is 6.49. The second kappa shape index (κ2) is 5.96. The van der Waals surface area contributed by atoms with Crippen molar-refractivity contribution in [1.82, 2.24) is 20.2 Å². The van der Waals surface area contributed by atoms with Gasteiger partial charge in [0.15, 0.2) is 5.69 Å². The van der Waals surface area contributed by atoms with Gasteiger partial charge in [-0.3, -0.25) is 14.8 Å². The van der Waals surface area contributed by atoms with Crippen molar-refractivity contribution in [3.05, 3.63) is 70.8 Å². The Morgan fingerprint density at radius 2 is 1.81 bits per heavy atom. The van der Waals surface area contributed by atoms with Crippen LogP contribution >= 0.6 is 0 Å². The van der Waals surface area contributed by atoms with Gasteiger partial charge in [-0.25, -0.2) is 0 Å². The van der Waals surface area contributed by atoms with Crippen LogP contribution in [-0.4, -0.2) is 20.2 Å². The molecule has 0 radical (unpaired) electrons. The van der Waals surface area contributed by atoms with Gasteiger partial charge in [0.05, 0.1) is 12.2 Å². The molecule has 0 saturated heterocycles. The lowest BCUT2D eigenvalue weighted by Crippen LogP contribution is -2.17. The number of aromatic amines is 1. The summed E-state index contributed by atoms with van der Waals surface area (Å²) in [5.41, 5.74) is 1.62. The van der Waals surface area contributed by atoms with Gasteiger partial charge in [0, 0.05) is 11.8 Å². The molecule has 0 fully saturated rings. The molecule has 0 atom stereocenters. The third kappa shape index (κ3) is 3.11. The van der Waals surface area contributed by atoms with E-state index in [1.165, 1.54) is 0 Å². The first kappa shape index (κ1) is 13.0. The number of nitrogens with one attached hydrogen (secondary N) is 2. The van der Waals surface area contributed by atoms with Gasteiger partial charge in [0.1, 0.15) is 0 Å². The minimum Gasteiger partial charge on any atom is -0.349 e. The number of aromatic nitrogens is 4. The molecule has 21 heavy (non-hydrogen) atoms. The minimum absolute atomic E-state index is 0.278. The smallest absolute Gasteiger partial charge is 0.279 e. The highest BCUT2D eigenvalue weighted by Gasteiger charge is 2.06. The van der Waals surface area contributed by atoms with Crippen LogP contribution in [0.25, 0.3) is 11.3 Å². The largest absolute Gasteiger partial charge is 0.349 e. The van der Waals surface area contributed by atoms with E-state index >= 15 is 0 Å². The fourth-order valence-corrected chi connectivity index (χ4v) is 1.88. The zero-order valence-corrected chi connectivity index (χ0v) is 11.2. The van der Waals surface area contributed by atoms with E-state index in [1.54, 1.807) is 6.20 Å². The summed E-state index contributed by atoms with van der Waals surface area (Å²) in [6, 6.07) is 14.9. The van der Waals surface area contributed by atoms with E-state index in [4.69, 9.17) is 0 Å². The van der Waals surface area contributed by atoms with Crippen molar-refractivity contribution in [3.8, 4) is 11.3 Å². The topological polar surface area (TPSA) is 83.6 Å². The first-order chi connectivity index (χ1) is 10.3. The number of H-pyrrole nitrogens is 1. The summed E-state index contributed by atoms with van der Waals surface area (Å²) < 4.78 is 0. The van der Waals surface area contributed by atoms with Gasteiger partial charge in [0.25, 0.3) is 5.56 Å². The number of hydrogen-bond acceptors (Lipinski definition) is 5. The molecule has 0 bridgehead atoms. The van der Waals surface area contributed by atoms with Gasteiger partial charge in [-0.15, -0.1) is 10.2 Å². The molecule has 0 amide bonds. The summed E-state index contributed by atoms with van der Waals surface area (Å²) in [4.78, 5) is 18.9. The average Bonchev–Trinajstić information content (AvgIpc) is 2.55. The SMILES string of the molecule is O=c1[nH]c(NCc2ccccn2)nnc1-c1ccccc1. The van der Waals surface area contributed by atoms with E-state index in [0.29, 0.717) is 18.2 Å². The van der Waals surface area contributed by atoms with E-state index in [9.17, 15) is 4.79 Å². The predicted octanol–water partition coefficient (Wildman–Crippen LogP) is 1.84. The Kier molecular flexibility index (Phi) is 3.68. The number of benzene rings is 1. The maximum absolute atomic E-state index is 12.0. The van der Waals surface area contributed by atoms with Gasteiger partial charge in [-0.05, 0) is 12.1 Å². The highest BCUT2D eigenvalue weighted by molar-refractivity contribution is 5.57. The van der Waals surface area contributed by atoms with Crippen LogP contribution in [0.4, 0.5) is 5.95 Å². The molecule has 2 heterocycles. The van der Waals surface area contributed by atoms with Crippen molar-refractivity contribution in [3.63, 3.8) is 0 Å². The molecule has 2 N–H and O–H groups in total. The van der Waals surface area contributed by atoms with Crippen LogP contribution in [0.3, 0.4) is 0 Å². The maximum atomic E-state index is 12.0. The molecule has 0 aliphatic carbocycles. The molecule has 0 unspecified atom stereocenters. The van der Waals surface area contributed by atoms with Gasteiger partial charge >= 0.3 is 0 Å². The zero-order chi connectivity index (χ0) is 14.5. The van der Waals surface area contributed by atoms with Crippen LogP contribution in [0.5, 0.6) is 0 Å². The maximum Gasteiger partial charge on any atom is 0.279 e. The van der Waals surface area contributed by atoms with Crippen LogP contribution < -0.4 is 10.9 Å². The van der Waals surface area contributed by atoms with Crippen molar-refractivity contribution in [2.45, 2.75) is 6.54 Å². The monoisotopic (exact) mass is 279 g/mol. The predicted molar refractivity (Wildman–Crippen MR) is 79.7 cm³/mol. The number of hydrogen-bond donors (Lipinski definition) is 2. The molecule has 0 saturated carbocycles. The average molecular weight is 279 g/mol. The quantitative estimate of drug-likeness (QED) is 0.761. The van der Waals surface area contributed by atoms with Crippen LogP contribution in [0.2, 0.25) is 0 Å². The molecule has 2 aromatic heterocycles. The van der Waals surface area contributed by atoms with Crippen LogP contribution in [0, 0.1) is 0 Å². The highest BCUT2D eigenvalue weighted by Crippen LogP contribution is 2.10. The van der Waals surface area contributed by atoms with Gasteiger partial charge in [0.2, 0.25) is 5.95 Å². The zero-order valence-electron chi connectivity index (χ0n) is 11.2. The van der Waals surface area contributed by atoms with E-state index < -0.39 is 0 Å². The summed E-state index contributed by atoms with van der Waals surface area (Å²) >= 11 is 0. The Hall–Kier alpha value is -3.02. The third-order valence-electron chi connectivity index (χ3n) is 2.91. The van der Waals surface area contributed by atoms with Crippen molar-refractivity contribution < 1.29 is 0 Å². The van der Waals surface area contributed by atoms with Crippen molar-refractivity contribution in [2.75, 3.05) is 5.32 Å².